The van der Waals surface area contributed by atoms with E-state index in [-0.39, 0.29) is 6.04 Å². The van der Waals surface area contributed by atoms with Gasteiger partial charge in [-0.2, -0.15) is 0 Å². The van der Waals surface area contributed by atoms with Crippen LogP contribution in [0.1, 0.15) is 37.4 Å². The predicted octanol–water partition coefficient (Wildman–Crippen LogP) is 1.96. The first-order valence-corrected chi connectivity index (χ1v) is 7.17. The van der Waals surface area contributed by atoms with E-state index in [2.05, 4.69) is 16.9 Å². The van der Waals surface area contributed by atoms with Crippen molar-refractivity contribution in [2.75, 3.05) is 14.2 Å². The zero-order chi connectivity index (χ0) is 13.4. The molecule has 19 heavy (non-hydrogen) atoms. The van der Waals surface area contributed by atoms with Gasteiger partial charge in [0.25, 0.3) is 0 Å². The molecule has 3 unspecified atom stereocenters. The summed E-state index contributed by atoms with van der Waals surface area (Å²) < 4.78 is 5.39. The maximum Gasteiger partial charge on any atom is 0.141 e. The molecule has 0 spiro atoms. The van der Waals surface area contributed by atoms with Gasteiger partial charge in [-0.05, 0) is 50.8 Å². The van der Waals surface area contributed by atoms with E-state index in [0.29, 0.717) is 18.0 Å². The third-order valence-electron chi connectivity index (χ3n) is 4.98. The molecule has 0 amide bonds. The molecule has 1 aromatic heterocycles. The lowest BCUT2D eigenvalue weighted by Crippen LogP contribution is -2.42. The summed E-state index contributed by atoms with van der Waals surface area (Å²) in [7, 11) is 3.94. The van der Waals surface area contributed by atoms with Crippen LogP contribution in [0.3, 0.4) is 0 Å². The summed E-state index contributed by atoms with van der Waals surface area (Å²) in [6, 6.07) is 5.26. The van der Waals surface area contributed by atoms with Crippen LogP contribution in [0.4, 0.5) is 0 Å². The average molecular weight is 261 g/mol. The first-order valence-electron chi connectivity index (χ1n) is 7.17. The van der Waals surface area contributed by atoms with Crippen molar-refractivity contribution in [2.45, 2.75) is 43.8 Å². The van der Waals surface area contributed by atoms with Crippen LogP contribution in [0, 0.1) is 5.92 Å². The number of nitrogens with two attached hydrogens (primary N) is 1. The molecule has 2 fully saturated rings. The van der Waals surface area contributed by atoms with E-state index in [0.717, 1.165) is 11.4 Å². The summed E-state index contributed by atoms with van der Waals surface area (Å²) in [5.74, 6) is 1.35. The van der Waals surface area contributed by atoms with Crippen molar-refractivity contribution in [2.24, 2.45) is 11.7 Å². The maximum atomic E-state index is 6.48. The van der Waals surface area contributed by atoms with Crippen LogP contribution in [-0.4, -0.2) is 36.1 Å². The van der Waals surface area contributed by atoms with Crippen molar-refractivity contribution in [1.29, 1.82) is 0 Å². The highest BCUT2D eigenvalue weighted by molar-refractivity contribution is 5.30. The van der Waals surface area contributed by atoms with Crippen LogP contribution < -0.4 is 10.5 Å². The first-order chi connectivity index (χ1) is 9.20. The van der Waals surface area contributed by atoms with Gasteiger partial charge < -0.3 is 15.4 Å². The Labute approximate surface area is 115 Å². The van der Waals surface area contributed by atoms with Crippen molar-refractivity contribution in [3.63, 3.8) is 0 Å². The molecule has 3 heterocycles. The van der Waals surface area contributed by atoms with Gasteiger partial charge in [-0.1, -0.05) is 0 Å². The smallest absolute Gasteiger partial charge is 0.141 e. The number of rotatable bonds is 3. The maximum absolute atomic E-state index is 6.48. The zero-order valence-electron chi connectivity index (χ0n) is 11.7. The van der Waals surface area contributed by atoms with Gasteiger partial charge in [0.1, 0.15) is 5.75 Å². The summed E-state index contributed by atoms with van der Waals surface area (Å²) in [5.41, 5.74) is 7.40. The number of fused-ring (bicyclic) bond motifs is 2. The van der Waals surface area contributed by atoms with Crippen molar-refractivity contribution in [3.8, 4) is 5.75 Å². The second-order valence-electron chi connectivity index (χ2n) is 5.90. The highest BCUT2D eigenvalue weighted by Gasteiger charge is 2.41. The van der Waals surface area contributed by atoms with E-state index < -0.39 is 0 Å². The molecule has 2 aliphatic heterocycles. The molecule has 0 aliphatic carbocycles. The molecule has 2 aliphatic rings. The van der Waals surface area contributed by atoms with E-state index in [4.69, 9.17) is 10.5 Å². The zero-order valence-corrected chi connectivity index (χ0v) is 11.7. The van der Waals surface area contributed by atoms with E-state index in [1.54, 1.807) is 13.3 Å². The number of hydrogen-bond acceptors (Lipinski definition) is 4. The van der Waals surface area contributed by atoms with Gasteiger partial charge in [0.2, 0.25) is 0 Å². The number of hydrogen-bond donors (Lipinski definition) is 1. The lowest BCUT2D eigenvalue weighted by atomic mass is 9.84. The number of piperidine rings is 1. The first kappa shape index (κ1) is 12.9. The second-order valence-corrected chi connectivity index (χ2v) is 5.90. The Kier molecular flexibility index (Phi) is 3.46. The summed E-state index contributed by atoms with van der Waals surface area (Å²) in [6.45, 7) is 0. The van der Waals surface area contributed by atoms with E-state index >= 15 is 0 Å². The van der Waals surface area contributed by atoms with Gasteiger partial charge in [-0.3, -0.25) is 4.98 Å². The monoisotopic (exact) mass is 261 g/mol. The Morgan fingerprint density at radius 2 is 2.05 bits per heavy atom. The summed E-state index contributed by atoms with van der Waals surface area (Å²) in [4.78, 5) is 6.99. The fourth-order valence-electron chi connectivity index (χ4n) is 3.80. The molecule has 104 valence electrons. The van der Waals surface area contributed by atoms with Crippen LogP contribution >= 0.6 is 0 Å². The van der Waals surface area contributed by atoms with E-state index in [9.17, 15) is 0 Å². The Hall–Kier alpha value is -1.13. The lowest BCUT2D eigenvalue weighted by molar-refractivity contribution is 0.119. The number of pyridine rings is 1. The summed E-state index contributed by atoms with van der Waals surface area (Å²) >= 11 is 0. The van der Waals surface area contributed by atoms with Gasteiger partial charge >= 0.3 is 0 Å². The topological polar surface area (TPSA) is 51.4 Å². The average Bonchev–Trinajstić information content (AvgIpc) is 2.68. The highest BCUT2D eigenvalue weighted by atomic mass is 16.5. The Balaban J connectivity index is 1.79. The van der Waals surface area contributed by atoms with E-state index in [1.165, 1.54) is 25.7 Å². The Morgan fingerprint density at radius 1 is 1.37 bits per heavy atom. The minimum Gasteiger partial charge on any atom is -0.495 e. The van der Waals surface area contributed by atoms with Crippen molar-refractivity contribution in [1.82, 2.24) is 9.88 Å². The third kappa shape index (κ3) is 2.23. The predicted molar refractivity (Wildman–Crippen MR) is 75.0 cm³/mol. The standard InChI is InChI=1S/C15H23N3O/c1-18-11-5-6-12(18)9-10(8-11)14(16)15-13(19-2)4-3-7-17-15/h3-4,7,10-12,14H,5-6,8-9,16H2,1-2H3. The molecule has 0 saturated carbocycles. The second kappa shape index (κ2) is 5.10. The summed E-state index contributed by atoms with van der Waals surface area (Å²) in [6.07, 6.45) is 6.83. The molecular formula is C15H23N3O. The number of ether oxygens (including phenoxy) is 1. The van der Waals surface area contributed by atoms with Crippen molar-refractivity contribution < 1.29 is 4.74 Å². The Morgan fingerprint density at radius 3 is 2.68 bits per heavy atom. The quantitative estimate of drug-likeness (QED) is 0.903. The molecule has 0 radical (unpaired) electrons. The molecule has 3 atom stereocenters. The third-order valence-corrected chi connectivity index (χ3v) is 4.98. The molecule has 1 aromatic rings. The Bertz CT molecular complexity index is 437. The molecular weight excluding hydrogens is 238 g/mol. The van der Waals surface area contributed by atoms with Crippen LogP contribution in [-0.2, 0) is 0 Å². The van der Waals surface area contributed by atoms with E-state index in [1.807, 2.05) is 12.1 Å². The largest absolute Gasteiger partial charge is 0.495 e. The molecule has 0 aromatic carbocycles. The fraction of sp³-hybridized carbons (Fsp3) is 0.667. The van der Waals surface area contributed by atoms with Gasteiger partial charge in [0.15, 0.2) is 0 Å². The number of aromatic nitrogens is 1. The van der Waals surface area contributed by atoms with Crippen LogP contribution in [0.15, 0.2) is 18.3 Å². The SMILES string of the molecule is COc1cccnc1C(N)C1CC2CCC(C1)N2C. The van der Waals surface area contributed by atoms with Crippen LogP contribution in [0.25, 0.3) is 0 Å². The van der Waals surface area contributed by atoms with Crippen LogP contribution in [0.5, 0.6) is 5.75 Å². The van der Waals surface area contributed by atoms with Gasteiger partial charge in [0.05, 0.1) is 18.8 Å². The molecule has 2 bridgehead atoms. The molecule has 4 heteroatoms. The highest BCUT2D eigenvalue weighted by Crippen LogP contribution is 2.42. The summed E-state index contributed by atoms with van der Waals surface area (Å²) in [5, 5.41) is 0. The lowest BCUT2D eigenvalue weighted by Gasteiger charge is -2.38. The molecule has 2 saturated heterocycles. The minimum atomic E-state index is -0.00653. The normalized spacial score (nSPS) is 32.3. The van der Waals surface area contributed by atoms with Gasteiger partial charge in [-0.25, -0.2) is 0 Å². The number of methoxy groups -OCH3 is 1. The fourth-order valence-corrected chi connectivity index (χ4v) is 3.80. The molecule has 4 nitrogen and oxygen atoms in total. The molecule has 2 N–H and O–H groups in total. The van der Waals surface area contributed by atoms with Crippen molar-refractivity contribution >= 4 is 0 Å². The van der Waals surface area contributed by atoms with Crippen molar-refractivity contribution in [3.05, 3.63) is 24.0 Å². The minimum absolute atomic E-state index is 0.00653. The molecule has 3 rings (SSSR count). The number of nitrogens with zero attached hydrogens (tertiary/aromatic N) is 2. The van der Waals surface area contributed by atoms with Gasteiger partial charge in [0, 0.05) is 18.3 Å². The van der Waals surface area contributed by atoms with Gasteiger partial charge in [-0.15, -0.1) is 0 Å². The van der Waals surface area contributed by atoms with Crippen LogP contribution in [0.2, 0.25) is 0 Å².